The number of hydrogen-bond donors (Lipinski definition) is 1. The second-order valence-corrected chi connectivity index (χ2v) is 4.50. The Balaban J connectivity index is 2.21. The van der Waals surface area contributed by atoms with Crippen LogP contribution in [0.2, 0.25) is 5.02 Å². The van der Waals surface area contributed by atoms with Crippen molar-refractivity contribution in [3.8, 4) is 0 Å². The molecule has 1 aliphatic carbocycles. The molecule has 0 radical (unpaired) electrons. The lowest BCUT2D eigenvalue weighted by Gasteiger charge is -2.09. The van der Waals surface area contributed by atoms with E-state index in [0.717, 1.165) is 18.0 Å². The van der Waals surface area contributed by atoms with Gasteiger partial charge in [0.05, 0.1) is 0 Å². The van der Waals surface area contributed by atoms with Gasteiger partial charge < -0.3 is 5.32 Å². The fourth-order valence-corrected chi connectivity index (χ4v) is 2.24. The predicted octanol–water partition coefficient (Wildman–Crippen LogP) is 3.14. The van der Waals surface area contributed by atoms with E-state index in [4.69, 9.17) is 11.6 Å². The van der Waals surface area contributed by atoms with Crippen molar-refractivity contribution in [1.82, 2.24) is 5.32 Å². The molecular weight excluding hydrogens is 206 g/mol. The number of fused-ring (bicyclic) bond motifs is 1. The summed E-state index contributed by atoms with van der Waals surface area (Å²) in [6.07, 6.45) is 6.85. The van der Waals surface area contributed by atoms with E-state index in [-0.39, 0.29) is 0 Å². The minimum Gasteiger partial charge on any atom is -0.319 e. The third-order valence-electron chi connectivity index (χ3n) is 2.91. The van der Waals surface area contributed by atoms with Gasteiger partial charge in [0.15, 0.2) is 0 Å². The van der Waals surface area contributed by atoms with E-state index in [9.17, 15) is 0 Å². The molecule has 0 aromatic heterocycles. The van der Waals surface area contributed by atoms with Gasteiger partial charge in [0.2, 0.25) is 0 Å². The Morgan fingerprint density at radius 1 is 1.47 bits per heavy atom. The molecule has 0 saturated heterocycles. The Hall–Kier alpha value is -0.790. The van der Waals surface area contributed by atoms with Gasteiger partial charge in [0, 0.05) is 11.6 Å². The Labute approximate surface area is 96.1 Å². The fourth-order valence-electron chi connectivity index (χ4n) is 2.06. The van der Waals surface area contributed by atoms with Crippen LogP contribution in [0.15, 0.2) is 24.3 Å². The van der Waals surface area contributed by atoms with Gasteiger partial charge in [0.1, 0.15) is 0 Å². The van der Waals surface area contributed by atoms with Crippen molar-refractivity contribution in [1.29, 1.82) is 0 Å². The molecule has 0 saturated carbocycles. The van der Waals surface area contributed by atoms with Gasteiger partial charge in [-0.3, -0.25) is 0 Å². The van der Waals surface area contributed by atoms with E-state index in [2.05, 4.69) is 29.6 Å². The normalized spacial score (nSPS) is 19.7. The first-order chi connectivity index (χ1) is 7.29. The van der Waals surface area contributed by atoms with Crippen molar-refractivity contribution >= 4 is 17.7 Å². The highest BCUT2D eigenvalue weighted by molar-refractivity contribution is 6.30. The van der Waals surface area contributed by atoms with Gasteiger partial charge in [-0.25, -0.2) is 0 Å². The summed E-state index contributed by atoms with van der Waals surface area (Å²) < 4.78 is 0. The summed E-state index contributed by atoms with van der Waals surface area (Å²) in [5, 5.41) is 4.05. The second kappa shape index (κ2) is 4.82. The summed E-state index contributed by atoms with van der Waals surface area (Å²) >= 11 is 5.98. The summed E-state index contributed by atoms with van der Waals surface area (Å²) in [7, 11) is 2.00. The number of hydrogen-bond acceptors (Lipinski definition) is 1. The maximum atomic E-state index is 5.98. The van der Waals surface area contributed by atoms with E-state index in [1.807, 2.05) is 13.1 Å². The molecule has 0 bridgehead atoms. The first-order valence-corrected chi connectivity index (χ1v) is 5.78. The molecule has 1 aromatic rings. The van der Waals surface area contributed by atoms with Crippen molar-refractivity contribution in [2.75, 3.05) is 13.6 Å². The maximum absolute atomic E-state index is 5.98. The highest BCUT2D eigenvalue weighted by atomic mass is 35.5. The van der Waals surface area contributed by atoms with Crippen LogP contribution in [0.1, 0.15) is 17.5 Å². The number of benzene rings is 1. The van der Waals surface area contributed by atoms with Crippen LogP contribution in [0.25, 0.3) is 6.08 Å². The molecule has 15 heavy (non-hydrogen) atoms. The SMILES string of the molecule is CNCC1C=Cc2cc(Cl)ccc2CC1. The van der Waals surface area contributed by atoms with Crippen molar-refractivity contribution in [2.24, 2.45) is 5.92 Å². The van der Waals surface area contributed by atoms with Crippen LogP contribution in [0.4, 0.5) is 0 Å². The highest BCUT2D eigenvalue weighted by Crippen LogP contribution is 2.24. The molecule has 0 fully saturated rings. The Kier molecular flexibility index (Phi) is 3.45. The van der Waals surface area contributed by atoms with Crippen LogP contribution in [-0.4, -0.2) is 13.6 Å². The summed E-state index contributed by atoms with van der Waals surface area (Å²) in [5.41, 5.74) is 2.69. The van der Waals surface area contributed by atoms with Gasteiger partial charge in [-0.1, -0.05) is 29.8 Å². The predicted molar refractivity (Wildman–Crippen MR) is 66.2 cm³/mol. The van der Waals surface area contributed by atoms with Crippen molar-refractivity contribution in [3.63, 3.8) is 0 Å². The largest absolute Gasteiger partial charge is 0.319 e. The molecule has 1 atom stereocenters. The quantitative estimate of drug-likeness (QED) is 0.809. The first-order valence-electron chi connectivity index (χ1n) is 5.41. The van der Waals surface area contributed by atoms with Gasteiger partial charge in [0.25, 0.3) is 0 Å². The first kappa shape index (κ1) is 10.7. The smallest absolute Gasteiger partial charge is 0.0412 e. The van der Waals surface area contributed by atoms with Crippen LogP contribution in [-0.2, 0) is 6.42 Å². The molecule has 0 aliphatic heterocycles. The zero-order valence-electron chi connectivity index (χ0n) is 8.96. The lowest BCUT2D eigenvalue weighted by Crippen LogP contribution is -2.17. The molecular formula is C13H16ClN. The van der Waals surface area contributed by atoms with Crippen LogP contribution in [0.3, 0.4) is 0 Å². The molecule has 1 nitrogen and oxygen atoms in total. The molecule has 2 heteroatoms. The van der Waals surface area contributed by atoms with Crippen LogP contribution >= 0.6 is 11.6 Å². The topological polar surface area (TPSA) is 12.0 Å². The van der Waals surface area contributed by atoms with E-state index >= 15 is 0 Å². The van der Waals surface area contributed by atoms with Crippen molar-refractivity contribution < 1.29 is 0 Å². The zero-order valence-corrected chi connectivity index (χ0v) is 9.72. The van der Waals surface area contributed by atoms with Gasteiger partial charge in [-0.05, 0) is 49.1 Å². The average molecular weight is 222 g/mol. The van der Waals surface area contributed by atoms with Crippen molar-refractivity contribution in [2.45, 2.75) is 12.8 Å². The van der Waals surface area contributed by atoms with Gasteiger partial charge in [-0.2, -0.15) is 0 Å². The van der Waals surface area contributed by atoms with Gasteiger partial charge >= 0.3 is 0 Å². The van der Waals surface area contributed by atoms with Crippen LogP contribution in [0, 0.1) is 5.92 Å². The average Bonchev–Trinajstić information content (AvgIpc) is 2.42. The van der Waals surface area contributed by atoms with Crippen LogP contribution < -0.4 is 5.32 Å². The van der Waals surface area contributed by atoms with Crippen molar-refractivity contribution in [3.05, 3.63) is 40.4 Å². The Morgan fingerprint density at radius 2 is 2.33 bits per heavy atom. The summed E-state index contributed by atoms with van der Waals surface area (Å²) in [5.74, 6) is 0.640. The molecule has 0 amide bonds. The number of aryl methyl sites for hydroxylation is 1. The molecule has 0 heterocycles. The number of rotatable bonds is 2. The molecule has 0 spiro atoms. The highest BCUT2D eigenvalue weighted by Gasteiger charge is 2.10. The van der Waals surface area contributed by atoms with Gasteiger partial charge in [-0.15, -0.1) is 0 Å². The fraction of sp³-hybridized carbons (Fsp3) is 0.385. The molecule has 1 aliphatic rings. The maximum Gasteiger partial charge on any atom is 0.0412 e. The third-order valence-corrected chi connectivity index (χ3v) is 3.14. The number of nitrogens with one attached hydrogen (secondary N) is 1. The van der Waals surface area contributed by atoms with E-state index in [1.165, 1.54) is 17.5 Å². The lowest BCUT2D eigenvalue weighted by atomic mass is 10.0. The Morgan fingerprint density at radius 3 is 3.13 bits per heavy atom. The molecule has 80 valence electrons. The Bertz CT molecular complexity index is 371. The van der Waals surface area contributed by atoms with E-state index < -0.39 is 0 Å². The summed E-state index contributed by atoms with van der Waals surface area (Å²) in [4.78, 5) is 0. The van der Waals surface area contributed by atoms with E-state index in [1.54, 1.807) is 0 Å². The lowest BCUT2D eigenvalue weighted by molar-refractivity contribution is 0.559. The second-order valence-electron chi connectivity index (χ2n) is 4.06. The molecule has 1 N–H and O–H groups in total. The van der Waals surface area contributed by atoms with E-state index in [0.29, 0.717) is 5.92 Å². The summed E-state index contributed by atoms with van der Waals surface area (Å²) in [6, 6.07) is 6.17. The minimum absolute atomic E-state index is 0.640. The molecule has 1 unspecified atom stereocenters. The molecule has 2 rings (SSSR count). The third kappa shape index (κ3) is 2.61. The monoisotopic (exact) mass is 221 g/mol. The minimum atomic E-state index is 0.640. The zero-order chi connectivity index (χ0) is 10.7. The summed E-state index contributed by atoms with van der Waals surface area (Å²) in [6.45, 7) is 1.05. The molecule has 1 aromatic carbocycles. The standard InChI is InChI=1S/C13H16ClN/c1-15-9-10-2-4-11-6-7-13(14)8-12(11)5-3-10/h3,5-8,10,15H,2,4,9H2,1H3. The van der Waals surface area contributed by atoms with Crippen LogP contribution in [0.5, 0.6) is 0 Å². The number of halogens is 1.